The van der Waals surface area contributed by atoms with Crippen LogP contribution in [0, 0.1) is 0 Å². The highest BCUT2D eigenvalue weighted by atomic mass is 16.5. The Morgan fingerprint density at radius 1 is 1.04 bits per heavy atom. The van der Waals surface area contributed by atoms with Crippen LogP contribution in [0.3, 0.4) is 0 Å². The number of aliphatic imine (C=N–C) groups is 1. The molecule has 0 saturated heterocycles. The second-order valence-electron chi connectivity index (χ2n) is 5.96. The lowest BCUT2D eigenvalue weighted by molar-refractivity contribution is -0.145. The Morgan fingerprint density at radius 2 is 1.67 bits per heavy atom. The number of nitrogens with two attached hydrogens (primary N) is 2. The number of nitrogens with zero attached hydrogens (tertiary/aromatic N) is 1. The summed E-state index contributed by atoms with van der Waals surface area (Å²) in [5, 5.41) is 2.74. The molecule has 7 heteroatoms. The summed E-state index contributed by atoms with van der Waals surface area (Å²) >= 11 is 0. The van der Waals surface area contributed by atoms with Crippen LogP contribution in [-0.2, 0) is 14.3 Å². The molecule has 0 rings (SSSR count). The summed E-state index contributed by atoms with van der Waals surface area (Å²) in [7, 11) is 1.31. The van der Waals surface area contributed by atoms with Crippen LogP contribution in [0.5, 0.6) is 0 Å². The molecule has 5 N–H and O–H groups in total. The van der Waals surface area contributed by atoms with Gasteiger partial charge in [-0.15, -0.1) is 0 Å². The molecule has 1 atom stereocenters. The number of hydrogen-bond acceptors (Lipinski definition) is 4. The Morgan fingerprint density at radius 3 is 2.25 bits per heavy atom. The van der Waals surface area contributed by atoms with E-state index in [1.165, 1.54) is 32.8 Å². The highest BCUT2D eigenvalue weighted by Gasteiger charge is 2.20. The summed E-state index contributed by atoms with van der Waals surface area (Å²) in [5.74, 6) is -0.527. The third kappa shape index (κ3) is 12.7. The van der Waals surface area contributed by atoms with Crippen LogP contribution in [-0.4, -0.2) is 37.5 Å². The fraction of sp³-hybridized carbons (Fsp3) is 0.824. The van der Waals surface area contributed by atoms with E-state index < -0.39 is 12.0 Å². The lowest BCUT2D eigenvalue weighted by Crippen LogP contribution is -2.41. The van der Waals surface area contributed by atoms with Crippen molar-refractivity contribution in [1.82, 2.24) is 5.32 Å². The number of carbonyl (C=O) groups excluding carboxylic acids is 2. The van der Waals surface area contributed by atoms with Crippen LogP contribution in [0.25, 0.3) is 0 Å². The van der Waals surface area contributed by atoms with Gasteiger partial charge in [0.1, 0.15) is 6.04 Å². The minimum Gasteiger partial charge on any atom is -0.467 e. The SMILES string of the molecule is CCCCCCCCCC(=O)N[C@@H](CCCN=C(N)N)C(=O)OC. The van der Waals surface area contributed by atoms with Crippen molar-refractivity contribution in [3.8, 4) is 0 Å². The number of unbranched alkanes of at least 4 members (excludes halogenated alkanes) is 6. The summed E-state index contributed by atoms with van der Waals surface area (Å²) in [6, 6.07) is -0.638. The molecule has 0 radical (unpaired) electrons. The van der Waals surface area contributed by atoms with E-state index in [0.717, 1.165) is 19.3 Å². The second kappa shape index (κ2) is 14.8. The summed E-state index contributed by atoms with van der Waals surface area (Å²) in [6.45, 7) is 2.61. The first-order chi connectivity index (χ1) is 11.5. The molecule has 0 aromatic heterocycles. The average Bonchev–Trinajstić information content (AvgIpc) is 2.55. The zero-order chi connectivity index (χ0) is 18.2. The third-order valence-corrected chi connectivity index (χ3v) is 3.77. The van der Waals surface area contributed by atoms with Gasteiger partial charge in [0.15, 0.2) is 5.96 Å². The molecule has 1 amide bonds. The van der Waals surface area contributed by atoms with Gasteiger partial charge in [-0.3, -0.25) is 9.79 Å². The van der Waals surface area contributed by atoms with Gasteiger partial charge in [0, 0.05) is 13.0 Å². The standard InChI is InChI=1S/C17H34N4O3/c1-3-4-5-6-7-8-9-12-15(22)21-14(16(23)24-2)11-10-13-20-17(18)19/h14H,3-13H2,1-2H3,(H,21,22)(H4,18,19,20)/t14-/m0/s1. The Kier molecular flexibility index (Phi) is 13.7. The minimum atomic E-state index is -0.638. The van der Waals surface area contributed by atoms with Crippen LogP contribution in [0.4, 0.5) is 0 Å². The van der Waals surface area contributed by atoms with Crippen molar-refractivity contribution >= 4 is 17.8 Å². The monoisotopic (exact) mass is 342 g/mol. The average molecular weight is 342 g/mol. The predicted molar refractivity (Wildman–Crippen MR) is 96.5 cm³/mol. The van der Waals surface area contributed by atoms with E-state index in [9.17, 15) is 9.59 Å². The maximum Gasteiger partial charge on any atom is 0.328 e. The number of guanidine groups is 1. The summed E-state index contributed by atoms with van der Waals surface area (Å²) in [5.41, 5.74) is 10.5. The van der Waals surface area contributed by atoms with Gasteiger partial charge in [-0.1, -0.05) is 45.4 Å². The molecule has 0 unspecified atom stereocenters. The molecule has 0 heterocycles. The van der Waals surface area contributed by atoms with Crippen molar-refractivity contribution in [2.24, 2.45) is 16.5 Å². The molecular formula is C17H34N4O3. The van der Waals surface area contributed by atoms with E-state index >= 15 is 0 Å². The first-order valence-electron chi connectivity index (χ1n) is 8.93. The molecule has 0 aromatic rings. The number of nitrogens with one attached hydrogen (secondary N) is 1. The first-order valence-corrected chi connectivity index (χ1v) is 8.93. The normalized spacial score (nSPS) is 11.6. The van der Waals surface area contributed by atoms with Crippen LogP contribution in [0.1, 0.15) is 71.1 Å². The fourth-order valence-electron chi connectivity index (χ4n) is 2.40. The molecule has 0 fully saturated rings. The Labute approximate surface area is 145 Å². The maximum atomic E-state index is 12.0. The second-order valence-corrected chi connectivity index (χ2v) is 5.96. The Balaban J connectivity index is 3.98. The van der Waals surface area contributed by atoms with Crippen molar-refractivity contribution in [3.63, 3.8) is 0 Å². The van der Waals surface area contributed by atoms with E-state index in [-0.39, 0.29) is 11.9 Å². The molecule has 0 aliphatic carbocycles. The van der Waals surface area contributed by atoms with Crippen LogP contribution in [0.2, 0.25) is 0 Å². The molecule has 0 bridgehead atoms. The van der Waals surface area contributed by atoms with Gasteiger partial charge in [-0.2, -0.15) is 0 Å². The van der Waals surface area contributed by atoms with Crippen molar-refractivity contribution in [1.29, 1.82) is 0 Å². The molecular weight excluding hydrogens is 308 g/mol. The number of esters is 1. The van der Waals surface area contributed by atoms with Crippen molar-refractivity contribution in [2.45, 2.75) is 77.2 Å². The van der Waals surface area contributed by atoms with Crippen molar-refractivity contribution < 1.29 is 14.3 Å². The lowest BCUT2D eigenvalue weighted by atomic mass is 10.1. The number of rotatable bonds is 14. The Bertz CT molecular complexity index is 382. The number of hydrogen-bond donors (Lipinski definition) is 3. The van der Waals surface area contributed by atoms with E-state index in [1.54, 1.807) is 0 Å². The first kappa shape index (κ1) is 22.2. The number of methoxy groups -OCH3 is 1. The largest absolute Gasteiger partial charge is 0.467 e. The predicted octanol–water partition coefficient (Wildman–Crippen LogP) is 1.84. The Hall–Kier alpha value is -1.79. The zero-order valence-electron chi connectivity index (χ0n) is 15.2. The molecule has 0 saturated carbocycles. The van der Waals surface area contributed by atoms with Crippen LogP contribution in [0.15, 0.2) is 4.99 Å². The van der Waals surface area contributed by atoms with Gasteiger partial charge in [-0.25, -0.2) is 4.79 Å². The van der Waals surface area contributed by atoms with Crippen LogP contribution >= 0.6 is 0 Å². The maximum absolute atomic E-state index is 12.0. The molecule has 0 aliphatic heterocycles. The molecule has 0 aromatic carbocycles. The molecule has 140 valence electrons. The van der Waals surface area contributed by atoms with E-state index in [4.69, 9.17) is 16.2 Å². The molecule has 0 aliphatic rings. The van der Waals surface area contributed by atoms with Crippen molar-refractivity contribution in [2.75, 3.05) is 13.7 Å². The van der Waals surface area contributed by atoms with E-state index in [2.05, 4.69) is 17.2 Å². The molecule has 24 heavy (non-hydrogen) atoms. The molecule has 7 nitrogen and oxygen atoms in total. The smallest absolute Gasteiger partial charge is 0.328 e. The van der Waals surface area contributed by atoms with Gasteiger partial charge in [0.2, 0.25) is 5.91 Å². The van der Waals surface area contributed by atoms with E-state index in [1.807, 2.05) is 0 Å². The van der Waals surface area contributed by atoms with Gasteiger partial charge in [0.25, 0.3) is 0 Å². The lowest BCUT2D eigenvalue weighted by Gasteiger charge is -2.16. The van der Waals surface area contributed by atoms with Crippen molar-refractivity contribution in [3.05, 3.63) is 0 Å². The quantitative estimate of drug-likeness (QED) is 0.192. The number of amides is 1. The molecule has 0 spiro atoms. The number of ether oxygens (including phenoxy) is 1. The highest BCUT2D eigenvalue weighted by molar-refractivity contribution is 5.84. The van der Waals surface area contributed by atoms with Gasteiger partial charge in [-0.05, 0) is 19.3 Å². The number of carbonyl (C=O) groups is 2. The highest BCUT2D eigenvalue weighted by Crippen LogP contribution is 2.09. The third-order valence-electron chi connectivity index (χ3n) is 3.77. The van der Waals surface area contributed by atoms with Gasteiger partial charge < -0.3 is 21.5 Å². The van der Waals surface area contributed by atoms with E-state index in [0.29, 0.717) is 25.8 Å². The fourth-order valence-corrected chi connectivity index (χ4v) is 2.40. The van der Waals surface area contributed by atoms with Gasteiger partial charge >= 0.3 is 5.97 Å². The summed E-state index contributed by atoms with van der Waals surface area (Å²) in [4.78, 5) is 27.6. The zero-order valence-corrected chi connectivity index (χ0v) is 15.2. The van der Waals surface area contributed by atoms with Crippen LogP contribution < -0.4 is 16.8 Å². The summed E-state index contributed by atoms with van der Waals surface area (Å²) in [6.07, 6.45) is 9.54. The summed E-state index contributed by atoms with van der Waals surface area (Å²) < 4.78 is 4.73. The van der Waals surface area contributed by atoms with Gasteiger partial charge in [0.05, 0.1) is 7.11 Å². The minimum absolute atomic E-state index is 0.0209. The topological polar surface area (TPSA) is 120 Å².